The molecule has 0 radical (unpaired) electrons. The zero-order valence-electron chi connectivity index (χ0n) is 13.6. The number of nitrogens with zero attached hydrogens (tertiary/aromatic N) is 3. The molecule has 0 fully saturated rings. The van der Waals surface area contributed by atoms with Crippen molar-refractivity contribution in [2.45, 2.75) is 26.7 Å². The highest BCUT2D eigenvalue weighted by molar-refractivity contribution is 5.55. The van der Waals surface area contributed by atoms with Crippen molar-refractivity contribution in [3.63, 3.8) is 0 Å². The van der Waals surface area contributed by atoms with Crippen molar-refractivity contribution >= 4 is 17.1 Å². The fourth-order valence-electron chi connectivity index (χ4n) is 2.19. The smallest absolute Gasteiger partial charge is 0.269 e. The molecule has 0 bridgehead atoms. The van der Waals surface area contributed by atoms with Crippen LogP contribution in [0.5, 0.6) is 5.75 Å². The molecule has 0 unspecified atom stereocenters. The van der Waals surface area contributed by atoms with Gasteiger partial charge in [-0.3, -0.25) is 10.1 Å². The minimum absolute atomic E-state index is 0.0306. The van der Waals surface area contributed by atoms with Crippen LogP contribution in [0.4, 0.5) is 17.1 Å². The van der Waals surface area contributed by atoms with E-state index in [0.29, 0.717) is 17.3 Å². The third kappa shape index (κ3) is 3.91. The fraction of sp³-hybridized carbons (Fsp3) is 0.294. The SMILES string of the molecule is COc1cc(N=Nc2ccc([N+](=O)[O-])cc2)c(C)cc1C(C)C. The third-order valence-corrected chi connectivity index (χ3v) is 3.50. The molecule has 0 spiro atoms. The van der Waals surface area contributed by atoms with E-state index < -0.39 is 4.92 Å². The number of nitro benzene ring substituents is 1. The summed E-state index contributed by atoms with van der Waals surface area (Å²) in [4.78, 5) is 10.2. The highest BCUT2D eigenvalue weighted by Gasteiger charge is 2.11. The molecular formula is C17H19N3O3. The predicted molar refractivity (Wildman–Crippen MR) is 89.1 cm³/mol. The zero-order chi connectivity index (χ0) is 17.0. The van der Waals surface area contributed by atoms with E-state index in [1.165, 1.54) is 12.1 Å². The van der Waals surface area contributed by atoms with Gasteiger partial charge in [-0.2, -0.15) is 10.2 Å². The maximum Gasteiger partial charge on any atom is 0.269 e. The molecule has 2 aromatic carbocycles. The molecule has 120 valence electrons. The first-order valence-corrected chi connectivity index (χ1v) is 7.27. The Hall–Kier alpha value is -2.76. The molecule has 0 atom stereocenters. The third-order valence-electron chi connectivity index (χ3n) is 3.50. The Morgan fingerprint density at radius 3 is 2.30 bits per heavy atom. The Bertz CT molecular complexity index is 737. The normalized spacial score (nSPS) is 11.2. The van der Waals surface area contributed by atoms with E-state index in [2.05, 4.69) is 24.1 Å². The maximum atomic E-state index is 10.6. The molecule has 0 amide bonds. The van der Waals surface area contributed by atoms with E-state index >= 15 is 0 Å². The molecule has 0 aliphatic rings. The van der Waals surface area contributed by atoms with E-state index in [1.807, 2.05) is 19.1 Å². The molecule has 0 aliphatic carbocycles. The molecule has 0 heterocycles. The first kappa shape index (κ1) is 16.6. The number of rotatable bonds is 5. The summed E-state index contributed by atoms with van der Waals surface area (Å²) in [5, 5.41) is 19.0. The molecule has 23 heavy (non-hydrogen) atoms. The number of benzene rings is 2. The Labute approximate surface area is 135 Å². The molecule has 0 saturated carbocycles. The summed E-state index contributed by atoms with van der Waals surface area (Å²) in [6, 6.07) is 9.86. The Kier molecular flexibility index (Phi) is 5.05. The van der Waals surface area contributed by atoms with Crippen molar-refractivity contribution in [3.05, 3.63) is 57.6 Å². The van der Waals surface area contributed by atoms with Gasteiger partial charge in [-0.25, -0.2) is 0 Å². The van der Waals surface area contributed by atoms with Gasteiger partial charge in [0, 0.05) is 18.2 Å². The van der Waals surface area contributed by atoms with Gasteiger partial charge in [0.15, 0.2) is 0 Å². The maximum absolute atomic E-state index is 10.6. The van der Waals surface area contributed by atoms with E-state index in [0.717, 1.165) is 16.9 Å². The van der Waals surface area contributed by atoms with E-state index in [4.69, 9.17) is 4.74 Å². The number of hydrogen-bond donors (Lipinski definition) is 0. The van der Waals surface area contributed by atoms with Gasteiger partial charge in [-0.1, -0.05) is 13.8 Å². The molecule has 6 nitrogen and oxygen atoms in total. The number of ether oxygens (including phenoxy) is 1. The van der Waals surface area contributed by atoms with Gasteiger partial charge in [0.05, 0.1) is 23.4 Å². The van der Waals surface area contributed by atoms with Gasteiger partial charge in [-0.15, -0.1) is 0 Å². The average Bonchev–Trinajstić information content (AvgIpc) is 2.53. The van der Waals surface area contributed by atoms with Gasteiger partial charge >= 0.3 is 0 Å². The summed E-state index contributed by atoms with van der Waals surface area (Å²) in [6.07, 6.45) is 0. The number of nitro groups is 1. The Morgan fingerprint density at radius 1 is 1.13 bits per heavy atom. The summed E-state index contributed by atoms with van der Waals surface area (Å²) in [5.74, 6) is 1.13. The highest BCUT2D eigenvalue weighted by Crippen LogP contribution is 2.34. The lowest BCUT2D eigenvalue weighted by molar-refractivity contribution is -0.384. The fourth-order valence-corrected chi connectivity index (χ4v) is 2.19. The van der Waals surface area contributed by atoms with Crippen molar-refractivity contribution in [3.8, 4) is 5.75 Å². The molecule has 2 rings (SSSR count). The van der Waals surface area contributed by atoms with E-state index in [9.17, 15) is 10.1 Å². The molecule has 6 heteroatoms. The number of aryl methyl sites for hydroxylation is 1. The number of non-ortho nitro benzene ring substituents is 1. The summed E-state index contributed by atoms with van der Waals surface area (Å²) >= 11 is 0. The van der Waals surface area contributed by atoms with Crippen LogP contribution in [-0.4, -0.2) is 12.0 Å². The quantitative estimate of drug-likeness (QED) is 0.418. The Balaban J connectivity index is 2.30. The minimum Gasteiger partial charge on any atom is -0.496 e. The lowest BCUT2D eigenvalue weighted by atomic mass is 9.99. The minimum atomic E-state index is -0.444. The predicted octanol–water partition coefficient (Wildman–Crippen LogP) is 5.45. The van der Waals surface area contributed by atoms with Gasteiger partial charge in [0.25, 0.3) is 5.69 Å². The van der Waals surface area contributed by atoms with Crippen molar-refractivity contribution in [2.24, 2.45) is 10.2 Å². The van der Waals surface area contributed by atoms with Crippen molar-refractivity contribution in [2.75, 3.05) is 7.11 Å². The van der Waals surface area contributed by atoms with Crippen LogP contribution in [0.3, 0.4) is 0 Å². The lowest BCUT2D eigenvalue weighted by Gasteiger charge is -2.13. The van der Waals surface area contributed by atoms with E-state index in [-0.39, 0.29) is 5.69 Å². The average molecular weight is 313 g/mol. The van der Waals surface area contributed by atoms with Crippen molar-refractivity contribution < 1.29 is 9.66 Å². The van der Waals surface area contributed by atoms with Crippen LogP contribution in [0.1, 0.15) is 30.9 Å². The first-order valence-electron chi connectivity index (χ1n) is 7.27. The van der Waals surface area contributed by atoms with Crippen LogP contribution in [-0.2, 0) is 0 Å². The number of hydrogen-bond acceptors (Lipinski definition) is 5. The van der Waals surface area contributed by atoms with Crippen LogP contribution in [0.25, 0.3) is 0 Å². The summed E-state index contributed by atoms with van der Waals surface area (Å²) in [6.45, 7) is 6.18. The second-order valence-corrected chi connectivity index (χ2v) is 5.51. The number of methoxy groups -OCH3 is 1. The summed E-state index contributed by atoms with van der Waals surface area (Å²) < 4.78 is 5.42. The topological polar surface area (TPSA) is 77.1 Å². The lowest BCUT2D eigenvalue weighted by Crippen LogP contribution is -1.95. The molecule has 2 aromatic rings. The van der Waals surface area contributed by atoms with Crippen LogP contribution in [0.2, 0.25) is 0 Å². The van der Waals surface area contributed by atoms with Crippen molar-refractivity contribution in [1.29, 1.82) is 0 Å². The standard InChI is InChI=1S/C17H19N3O3/c1-11(2)15-9-12(3)16(10-17(15)23-4)19-18-13-5-7-14(8-6-13)20(21)22/h5-11H,1-4H3. The van der Waals surface area contributed by atoms with Crippen LogP contribution >= 0.6 is 0 Å². The number of azo groups is 1. The monoisotopic (exact) mass is 313 g/mol. The van der Waals surface area contributed by atoms with Gasteiger partial charge in [-0.05, 0) is 42.2 Å². The first-order chi connectivity index (χ1) is 10.9. The molecule has 0 N–H and O–H groups in total. The molecule has 0 aromatic heterocycles. The van der Waals surface area contributed by atoms with Crippen LogP contribution in [0, 0.1) is 17.0 Å². The van der Waals surface area contributed by atoms with Crippen LogP contribution < -0.4 is 4.74 Å². The largest absolute Gasteiger partial charge is 0.496 e. The Morgan fingerprint density at radius 2 is 1.78 bits per heavy atom. The van der Waals surface area contributed by atoms with Gasteiger partial charge in [0.2, 0.25) is 0 Å². The van der Waals surface area contributed by atoms with E-state index in [1.54, 1.807) is 19.2 Å². The van der Waals surface area contributed by atoms with Gasteiger partial charge in [0.1, 0.15) is 5.75 Å². The second kappa shape index (κ2) is 7.00. The highest BCUT2D eigenvalue weighted by atomic mass is 16.6. The molecular weight excluding hydrogens is 294 g/mol. The summed E-state index contributed by atoms with van der Waals surface area (Å²) in [7, 11) is 1.63. The summed E-state index contributed by atoms with van der Waals surface area (Å²) in [5.41, 5.74) is 3.43. The molecule has 0 saturated heterocycles. The molecule has 0 aliphatic heterocycles. The zero-order valence-corrected chi connectivity index (χ0v) is 13.6. The van der Waals surface area contributed by atoms with Crippen LogP contribution in [0.15, 0.2) is 46.6 Å². The van der Waals surface area contributed by atoms with Crippen molar-refractivity contribution in [1.82, 2.24) is 0 Å². The van der Waals surface area contributed by atoms with Gasteiger partial charge < -0.3 is 4.74 Å². The second-order valence-electron chi connectivity index (χ2n) is 5.51.